The van der Waals surface area contributed by atoms with Crippen molar-refractivity contribution in [3.63, 3.8) is 0 Å². The van der Waals surface area contributed by atoms with Crippen LogP contribution in [0.5, 0.6) is 5.75 Å². The summed E-state index contributed by atoms with van der Waals surface area (Å²) in [5, 5.41) is 0. The Morgan fingerprint density at radius 2 is 2.14 bits per heavy atom. The third kappa shape index (κ3) is 4.45. The van der Waals surface area contributed by atoms with E-state index < -0.39 is 0 Å². The van der Waals surface area contributed by atoms with Crippen LogP contribution in [0.3, 0.4) is 0 Å². The second kappa shape index (κ2) is 8.40. The molecule has 21 heavy (non-hydrogen) atoms. The van der Waals surface area contributed by atoms with Gasteiger partial charge in [0, 0.05) is 12.5 Å². The number of nitrogens with one attached hydrogen (secondary N) is 1. The van der Waals surface area contributed by atoms with E-state index in [1.807, 2.05) is 0 Å². The van der Waals surface area contributed by atoms with Crippen LogP contribution in [-0.2, 0) is 12.8 Å². The summed E-state index contributed by atoms with van der Waals surface area (Å²) in [5.41, 5.74) is 5.83. The monoisotopic (exact) mass is 290 g/mol. The summed E-state index contributed by atoms with van der Waals surface area (Å²) in [6.07, 6.45) is 8.29. The van der Waals surface area contributed by atoms with Gasteiger partial charge >= 0.3 is 0 Å². The van der Waals surface area contributed by atoms with Gasteiger partial charge in [-0.05, 0) is 42.4 Å². The maximum absolute atomic E-state index is 5.81. The SMILES string of the molecule is CCCCC(CC)C(CCc1ccc2c(c1)CCO2)NN. The molecule has 0 saturated carbocycles. The zero-order chi connectivity index (χ0) is 15.1. The molecule has 0 aliphatic carbocycles. The molecule has 0 spiro atoms. The lowest BCUT2D eigenvalue weighted by molar-refractivity contribution is 0.306. The fraction of sp³-hybridized carbons (Fsp3) is 0.667. The van der Waals surface area contributed by atoms with Gasteiger partial charge in [0.2, 0.25) is 0 Å². The average molecular weight is 290 g/mol. The molecule has 118 valence electrons. The molecule has 2 unspecified atom stereocenters. The summed E-state index contributed by atoms with van der Waals surface area (Å²) in [4.78, 5) is 0. The van der Waals surface area contributed by atoms with Gasteiger partial charge in [0.05, 0.1) is 6.61 Å². The summed E-state index contributed by atoms with van der Waals surface area (Å²) in [5.74, 6) is 7.56. The lowest BCUT2D eigenvalue weighted by Crippen LogP contribution is -2.41. The molecule has 1 aliphatic rings. The van der Waals surface area contributed by atoms with E-state index in [1.165, 1.54) is 36.8 Å². The van der Waals surface area contributed by atoms with Crippen molar-refractivity contribution in [2.24, 2.45) is 11.8 Å². The molecule has 1 aliphatic heterocycles. The molecule has 1 heterocycles. The van der Waals surface area contributed by atoms with Crippen molar-refractivity contribution in [2.75, 3.05) is 6.61 Å². The molecule has 0 aromatic heterocycles. The van der Waals surface area contributed by atoms with E-state index >= 15 is 0 Å². The van der Waals surface area contributed by atoms with Crippen molar-refractivity contribution in [3.8, 4) is 5.75 Å². The van der Waals surface area contributed by atoms with Gasteiger partial charge < -0.3 is 4.74 Å². The highest BCUT2D eigenvalue weighted by Gasteiger charge is 2.19. The Morgan fingerprint density at radius 1 is 1.29 bits per heavy atom. The molecule has 0 bridgehead atoms. The third-order valence-corrected chi connectivity index (χ3v) is 4.73. The van der Waals surface area contributed by atoms with Crippen LogP contribution in [0.2, 0.25) is 0 Å². The van der Waals surface area contributed by atoms with E-state index in [9.17, 15) is 0 Å². The first kappa shape index (κ1) is 16.3. The van der Waals surface area contributed by atoms with Crippen molar-refractivity contribution in [2.45, 2.75) is 64.8 Å². The molecule has 1 aromatic carbocycles. The van der Waals surface area contributed by atoms with Crippen LogP contribution in [0.25, 0.3) is 0 Å². The number of benzene rings is 1. The maximum atomic E-state index is 5.81. The molecule has 0 radical (unpaired) electrons. The lowest BCUT2D eigenvalue weighted by atomic mass is 9.88. The topological polar surface area (TPSA) is 47.3 Å². The summed E-state index contributed by atoms with van der Waals surface area (Å²) in [7, 11) is 0. The minimum Gasteiger partial charge on any atom is -0.493 e. The van der Waals surface area contributed by atoms with Crippen LogP contribution < -0.4 is 16.0 Å². The molecule has 3 heteroatoms. The number of rotatable bonds is 9. The molecule has 1 aromatic rings. The highest BCUT2D eigenvalue weighted by Crippen LogP contribution is 2.27. The molecule has 3 N–H and O–H groups in total. The number of hydrazine groups is 1. The number of aryl methyl sites for hydroxylation is 1. The number of nitrogens with two attached hydrogens (primary N) is 1. The fourth-order valence-corrected chi connectivity index (χ4v) is 3.33. The second-order valence-corrected chi connectivity index (χ2v) is 6.16. The first-order valence-corrected chi connectivity index (χ1v) is 8.49. The summed E-state index contributed by atoms with van der Waals surface area (Å²) >= 11 is 0. The highest BCUT2D eigenvalue weighted by atomic mass is 16.5. The van der Waals surface area contributed by atoms with Crippen molar-refractivity contribution >= 4 is 0 Å². The van der Waals surface area contributed by atoms with Crippen LogP contribution in [0, 0.1) is 5.92 Å². The molecular formula is C18H30N2O. The van der Waals surface area contributed by atoms with Gasteiger partial charge in [0.1, 0.15) is 5.75 Å². The number of ether oxygens (including phenoxy) is 1. The molecule has 0 fully saturated rings. The maximum Gasteiger partial charge on any atom is 0.122 e. The van der Waals surface area contributed by atoms with Gasteiger partial charge in [-0.3, -0.25) is 11.3 Å². The number of hydrogen-bond donors (Lipinski definition) is 2. The van der Waals surface area contributed by atoms with Gasteiger partial charge in [-0.2, -0.15) is 0 Å². The number of unbranched alkanes of at least 4 members (excludes halogenated alkanes) is 1. The Hall–Kier alpha value is -1.06. The smallest absolute Gasteiger partial charge is 0.122 e. The number of fused-ring (bicyclic) bond motifs is 1. The van der Waals surface area contributed by atoms with E-state index in [0.29, 0.717) is 12.0 Å². The van der Waals surface area contributed by atoms with Gasteiger partial charge in [0.15, 0.2) is 0 Å². The summed E-state index contributed by atoms with van der Waals surface area (Å²) in [6.45, 7) is 5.36. The Labute approximate surface area is 129 Å². The van der Waals surface area contributed by atoms with E-state index in [1.54, 1.807) is 0 Å². The van der Waals surface area contributed by atoms with Crippen LogP contribution in [-0.4, -0.2) is 12.6 Å². The molecule has 2 atom stereocenters. The molecule has 0 amide bonds. The van der Waals surface area contributed by atoms with Gasteiger partial charge in [0.25, 0.3) is 0 Å². The summed E-state index contributed by atoms with van der Waals surface area (Å²) < 4.78 is 5.57. The van der Waals surface area contributed by atoms with Crippen molar-refractivity contribution < 1.29 is 4.74 Å². The highest BCUT2D eigenvalue weighted by molar-refractivity contribution is 5.39. The van der Waals surface area contributed by atoms with E-state index in [0.717, 1.165) is 31.6 Å². The zero-order valence-electron chi connectivity index (χ0n) is 13.5. The largest absolute Gasteiger partial charge is 0.493 e. The quantitative estimate of drug-likeness (QED) is 0.539. The first-order chi connectivity index (χ1) is 10.3. The predicted octanol–water partition coefficient (Wildman–Crippen LogP) is 3.60. The van der Waals surface area contributed by atoms with Gasteiger partial charge in [-0.15, -0.1) is 0 Å². The Kier molecular flexibility index (Phi) is 6.52. The van der Waals surface area contributed by atoms with E-state index in [2.05, 4.69) is 37.5 Å². The molecular weight excluding hydrogens is 260 g/mol. The van der Waals surface area contributed by atoms with Crippen molar-refractivity contribution in [1.29, 1.82) is 0 Å². The van der Waals surface area contributed by atoms with Gasteiger partial charge in [-0.25, -0.2) is 0 Å². The predicted molar refractivity (Wildman–Crippen MR) is 88.4 cm³/mol. The van der Waals surface area contributed by atoms with Crippen LogP contribution in [0.1, 0.15) is 57.1 Å². The third-order valence-electron chi connectivity index (χ3n) is 4.73. The minimum absolute atomic E-state index is 0.422. The standard InChI is InChI=1S/C18H30N2O/c1-3-5-6-15(4-2)17(20-19)9-7-14-8-10-18-16(13-14)11-12-21-18/h8,10,13,15,17,20H,3-7,9,11-12,19H2,1-2H3. The normalized spacial score (nSPS) is 16.3. The first-order valence-electron chi connectivity index (χ1n) is 8.49. The Balaban J connectivity index is 1.89. The molecule has 0 saturated heterocycles. The second-order valence-electron chi connectivity index (χ2n) is 6.16. The van der Waals surface area contributed by atoms with Crippen molar-refractivity contribution in [1.82, 2.24) is 5.43 Å². The fourth-order valence-electron chi connectivity index (χ4n) is 3.33. The molecule has 3 nitrogen and oxygen atoms in total. The Bertz CT molecular complexity index is 433. The Morgan fingerprint density at radius 3 is 2.86 bits per heavy atom. The van der Waals surface area contributed by atoms with Crippen LogP contribution in [0.4, 0.5) is 0 Å². The van der Waals surface area contributed by atoms with E-state index in [4.69, 9.17) is 10.6 Å². The minimum atomic E-state index is 0.422. The average Bonchev–Trinajstić information content (AvgIpc) is 2.98. The zero-order valence-corrected chi connectivity index (χ0v) is 13.5. The van der Waals surface area contributed by atoms with Crippen molar-refractivity contribution in [3.05, 3.63) is 29.3 Å². The van der Waals surface area contributed by atoms with Crippen LogP contribution >= 0.6 is 0 Å². The van der Waals surface area contributed by atoms with Crippen LogP contribution in [0.15, 0.2) is 18.2 Å². The molecule has 2 rings (SSSR count). The lowest BCUT2D eigenvalue weighted by Gasteiger charge is -2.25. The van der Waals surface area contributed by atoms with E-state index in [-0.39, 0.29) is 0 Å². The van der Waals surface area contributed by atoms with Gasteiger partial charge in [-0.1, -0.05) is 45.2 Å². The number of hydrogen-bond acceptors (Lipinski definition) is 3. The summed E-state index contributed by atoms with van der Waals surface area (Å²) in [6, 6.07) is 7.05.